The maximum Gasteiger partial charge on any atom is 0.293 e. The summed E-state index contributed by atoms with van der Waals surface area (Å²) >= 11 is 13.0. The Morgan fingerprint density at radius 2 is 0.943 bits per heavy atom. The highest BCUT2D eigenvalue weighted by molar-refractivity contribution is 6.31. The predicted octanol–water partition coefficient (Wildman–Crippen LogP) is 8.31. The number of hydrogen-bond acceptors (Lipinski definition) is 10. The van der Waals surface area contributed by atoms with E-state index in [1.165, 1.54) is 0 Å². The van der Waals surface area contributed by atoms with Gasteiger partial charge in [-0.25, -0.2) is 19.3 Å². The molecule has 0 bridgehead atoms. The van der Waals surface area contributed by atoms with E-state index in [1.807, 2.05) is 88.4 Å². The van der Waals surface area contributed by atoms with Crippen LogP contribution in [-0.4, -0.2) is 126 Å². The number of piperazine rings is 1. The van der Waals surface area contributed by atoms with Crippen LogP contribution in [0.2, 0.25) is 10.0 Å². The number of fused-ring (bicyclic) bond motifs is 2. The van der Waals surface area contributed by atoms with E-state index in [0.29, 0.717) is 33.1 Å². The highest BCUT2D eigenvalue weighted by Gasteiger charge is 2.43. The van der Waals surface area contributed by atoms with Crippen molar-refractivity contribution in [1.82, 2.24) is 39.3 Å². The largest absolute Gasteiger partial charge is 0.355 e. The van der Waals surface area contributed by atoms with Crippen LogP contribution in [-0.2, 0) is 9.59 Å². The second kappa shape index (κ2) is 17.6. The van der Waals surface area contributed by atoms with E-state index in [-0.39, 0.29) is 72.5 Å². The topological polar surface area (TPSA) is 149 Å². The van der Waals surface area contributed by atoms with Crippen molar-refractivity contribution in [2.75, 3.05) is 46.8 Å². The van der Waals surface area contributed by atoms with Crippen LogP contribution in [0.1, 0.15) is 87.5 Å². The molecule has 5 aliphatic rings. The Hall–Kier alpha value is -6.78. The SMILES string of the molecule is C[C@@H]1CN(C(=O)c2nc(-c3ccc4c(c3)N(C3CCC3)[C@H](C)C(=O)N4C)n(-c3cccc(Cl)c3)n2)[C@@H](C)CN1C(=O)c1nc(-c2ccc3c(c2)N(C2CCC2)[C@H](C)C(=O)N3C)n(-c2cccc(Cl)c2)n1. The Kier molecular flexibility index (Phi) is 11.5. The zero-order valence-electron chi connectivity index (χ0n) is 40.0. The zero-order valence-corrected chi connectivity index (χ0v) is 41.5. The highest BCUT2D eigenvalue weighted by Crippen LogP contribution is 2.45. The number of likely N-dealkylation sites (N-methyl/N-ethyl adjacent to an activating group) is 2. The number of benzene rings is 4. The molecule has 2 aromatic heterocycles. The first-order chi connectivity index (χ1) is 33.7. The lowest BCUT2D eigenvalue weighted by atomic mass is 9.88. The third-order valence-corrected chi connectivity index (χ3v) is 15.6. The third-order valence-electron chi connectivity index (χ3n) is 15.1. The van der Waals surface area contributed by atoms with Gasteiger partial charge in [0.1, 0.15) is 12.1 Å². The van der Waals surface area contributed by atoms with E-state index in [4.69, 9.17) is 43.4 Å². The van der Waals surface area contributed by atoms with Crippen LogP contribution in [0.15, 0.2) is 84.9 Å². The van der Waals surface area contributed by atoms with Crippen molar-refractivity contribution < 1.29 is 19.2 Å². The molecule has 0 radical (unpaired) electrons. The molecule has 4 amide bonds. The lowest BCUT2D eigenvalue weighted by Gasteiger charge is -2.47. The lowest BCUT2D eigenvalue weighted by molar-refractivity contribution is -0.120. The summed E-state index contributed by atoms with van der Waals surface area (Å²) in [5.41, 5.74) is 6.23. The first kappa shape index (κ1) is 45.7. The second-order valence-electron chi connectivity index (χ2n) is 19.5. The molecule has 360 valence electrons. The fraction of sp³-hybridized carbons (Fsp3) is 0.385. The van der Waals surface area contributed by atoms with Gasteiger partial charge in [0.05, 0.1) is 34.1 Å². The minimum atomic E-state index is -0.433. The first-order valence-corrected chi connectivity index (χ1v) is 24.9. The van der Waals surface area contributed by atoms with E-state index in [9.17, 15) is 19.2 Å². The number of aromatic nitrogens is 6. The number of rotatable bonds is 8. The number of carbonyl (C=O) groups excluding carboxylic acids is 4. The van der Waals surface area contributed by atoms with Crippen molar-refractivity contribution in [3.05, 3.63) is 107 Å². The molecule has 70 heavy (non-hydrogen) atoms. The minimum absolute atomic E-state index is 0.000450. The molecule has 0 N–H and O–H groups in total. The molecule has 18 heteroatoms. The van der Waals surface area contributed by atoms with Gasteiger partial charge in [0.25, 0.3) is 11.8 Å². The number of halogens is 2. The Morgan fingerprint density at radius 3 is 1.30 bits per heavy atom. The van der Waals surface area contributed by atoms with Crippen LogP contribution in [0.3, 0.4) is 0 Å². The average molecular weight is 982 g/mol. The van der Waals surface area contributed by atoms with Gasteiger partial charge in [-0.3, -0.25) is 19.2 Å². The van der Waals surface area contributed by atoms with Gasteiger partial charge in [0.15, 0.2) is 11.6 Å². The molecule has 11 rings (SSSR count). The molecule has 2 aliphatic carbocycles. The quantitative estimate of drug-likeness (QED) is 0.146. The molecule has 16 nitrogen and oxygen atoms in total. The molecule has 6 aromatic rings. The van der Waals surface area contributed by atoms with Gasteiger partial charge in [-0.1, -0.05) is 35.3 Å². The van der Waals surface area contributed by atoms with E-state index in [2.05, 4.69) is 9.80 Å². The Balaban J connectivity index is 0.900. The summed E-state index contributed by atoms with van der Waals surface area (Å²) in [5.74, 6) is 0.237. The highest BCUT2D eigenvalue weighted by atomic mass is 35.5. The number of carbonyl (C=O) groups is 4. The normalized spacial score (nSPS) is 21.7. The van der Waals surface area contributed by atoms with Gasteiger partial charge >= 0.3 is 0 Å². The Labute approximate surface area is 416 Å². The summed E-state index contributed by atoms with van der Waals surface area (Å²) in [6, 6.07) is 25.3. The van der Waals surface area contributed by atoms with E-state index in [1.54, 1.807) is 67.3 Å². The molecular formula is C52H54Cl2N12O4. The van der Waals surface area contributed by atoms with E-state index < -0.39 is 12.1 Å². The number of anilines is 4. The van der Waals surface area contributed by atoms with Crippen LogP contribution in [0.25, 0.3) is 34.2 Å². The molecule has 4 atom stereocenters. The van der Waals surface area contributed by atoms with Gasteiger partial charge in [-0.05, 0) is 139 Å². The Bertz CT molecular complexity index is 2900. The van der Waals surface area contributed by atoms with Gasteiger partial charge in [0.2, 0.25) is 23.5 Å². The Morgan fingerprint density at radius 1 is 0.543 bits per heavy atom. The molecule has 3 fully saturated rings. The van der Waals surface area contributed by atoms with Crippen LogP contribution >= 0.6 is 23.2 Å². The maximum atomic E-state index is 14.7. The molecular weight excluding hydrogens is 928 g/mol. The van der Waals surface area contributed by atoms with Crippen molar-refractivity contribution in [3.63, 3.8) is 0 Å². The summed E-state index contributed by atoms with van der Waals surface area (Å²) in [6.45, 7) is 8.13. The first-order valence-electron chi connectivity index (χ1n) is 24.2. The summed E-state index contributed by atoms with van der Waals surface area (Å²) < 4.78 is 3.30. The van der Waals surface area contributed by atoms with Gasteiger partial charge in [-0.2, -0.15) is 0 Å². The molecule has 0 unspecified atom stereocenters. The van der Waals surface area contributed by atoms with Crippen molar-refractivity contribution in [1.29, 1.82) is 0 Å². The van der Waals surface area contributed by atoms with E-state index >= 15 is 0 Å². The van der Waals surface area contributed by atoms with Crippen LogP contribution in [0, 0.1) is 0 Å². The van der Waals surface area contributed by atoms with Crippen LogP contribution < -0.4 is 19.6 Å². The monoisotopic (exact) mass is 980 g/mol. The third kappa shape index (κ3) is 7.57. The number of hydrogen-bond donors (Lipinski definition) is 0. The van der Waals surface area contributed by atoms with E-state index in [0.717, 1.165) is 72.4 Å². The van der Waals surface area contributed by atoms with Crippen molar-refractivity contribution in [2.45, 2.75) is 102 Å². The molecule has 3 aliphatic heterocycles. The average Bonchev–Trinajstić information content (AvgIpc) is 3.98. The summed E-state index contributed by atoms with van der Waals surface area (Å²) in [6.07, 6.45) is 6.28. The molecule has 5 heterocycles. The summed E-state index contributed by atoms with van der Waals surface area (Å²) in [5, 5.41) is 10.7. The van der Waals surface area contributed by atoms with Gasteiger partial charge < -0.3 is 29.4 Å². The van der Waals surface area contributed by atoms with Crippen molar-refractivity contribution in [3.8, 4) is 34.2 Å². The summed E-state index contributed by atoms with van der Waals surface area (Å²) in [4.78, 5) is 77.4. The number of amides is 4. The summed E-state index contributed by atoms with van der Waals surface area (Å²) in [7, 11) is 3.61. The molecule has 0 spiro atoms. The molecule has 1 saturated heterocycles. The smallest absolute Gasteiger partial charge is 0.293 e. The van der Waals surface area contributed by atoms with Crippen molar-refractivity contribution >= 4 is 69.6 Å². The minimum Gasteiger partial charge on any atom is -0.355 e. The molecule has 4 aromatic carbocycles. The maximum absolute atomic E-state index is 14.7. The standard InChI is InChI=1S/C52H54Cl2N12O4/c1-29-27-62(52(70)46-56-48(66(58-46)40-18-8-12-36(54)26-40)34-20-22-42-44(24-34)64(38-15-10-16-38)32(4)50(68)60(42)6)30(2)28-61(29)51(69)45-55-47(65(57-45)39-17-7-11-35(53)25-39)33-19-21-41-43(23-33)63(37-13-9-14-37)31(3)49(67)59(41)5/h7-8,11-12,17-26,29-32,37-38H,9-10,13-16,27-28H2,1-6H3/t29-,30+,31-,32-/m1/s1. The van der Waals surface area contributed by atoms with Gasteiger partial charge in [-0.15, -0.1) is 10.2 Å². The fourth-order valence-corrected chi connectivity index (χ4v) is 11.2. The fourth-order valence-electron chi connectivity index (χ4n) is 10.8. The molecule has 2 saturated carbocycles. The van der Waals surface area contributed by atoms with Crippen LogP contribution in [0.5, 0.6) is 0 Å². The van der Waals surface area contributed by atoms with Crippen LogP contribution in [0.4, 0.5) is 22.7 Å². The predicted molar refractivity (Wildman–Crippen MR) is 271 cm³/mol. The zero-order chi connectivity index (χ0) is 48.9. The number of nitrogens with zero attached hydrogens (tertiary/aromatic N) is 12. The van der Waals surface area contributed by atoms with Crippen molar-refractivity contribution in [2.24, 2.45) is 0 Å². The van der Waals surface area contributed by atoms with Gasteiger partial charge in [0, 0.05) is 72.5 Å². The second-order valence-corrected chi connectivity index (χ2v) is 20.3. The lowest BCUT2D eigenvalue weighted by Crippen LogP contribution is -2.59.